The molecular formula is C15H22BrN. The Kier molecular flexibility index (Phi) is 3.39. The molecule has 0 heterocycles. The topological polar surface area (TPSA) is 12.0 Å². The third-order valence-corrected chi connectivity index (χ3v) is 4.78. The standard InChI is InChI=1S/C15H22BrN/c1-6-17-12-8-15(4,5)14-9(2)7-11(16)10(3)13(12)14/h7,12,17H,6,8H2,1-5H3. The monoisotopic (exact) mass is 295 g/mol. The molecule has 1 unspecified atom stereocenters. The highest BCUT2D eigenvalue weighted by Gasteiger charge is 2.39. The van der Waals surface area contributed by atoms with Gasteiger partial charge in [0.1, 0.15) is 0 Å². The van der Waals surface area contributed by atoms with Gasteiger partial charge in [-0.05, 0) is 60.5 Å². The highest BCUT2D eigenvalue weighted by Crippen LogP contribution is 2.48. The van der Waals surface area contributed by atoms with Crippen LogP contribution in [0.1, 0.15) is 55.5 Å². The summed E-state index contributed by atoms with van der Waals surface area (Å²) in [7, 11) is 0. The van der Waals surface area contributed by atoms with E-state index < -0.39 is 0 Å². The van der Waals surface area contributed by atoms with Gasteiger partial charge < -0.3 is 5.32 Å². The van der Waals surface area contributed by atoms with Crippen molar-refractivity contribution in [2.45, 2.75) is 52.5 Å². The molecule has 0 fully saturated rings. The average Bonchev–Trinajstić information content (AvgIpc) is 2.47. The predicted octanol–water partition coefficient (Wildman–Crippen LogP) is 4.40. The average molecular weight is 296 g/mol. The van der Waals surface area contributed by atoms with Crippen LogP contribution < -0.4 is 5.32 Å². The van der Waals surface area contributed by atoms with Gasteiger partial charge in [-0.2, -0.15) is 0 Å². The van der Waals surface area contributed by atoms with Gasteiger partial charge in [0.2, 0.25) is 0 Å². The van der Waals surface area contributed by atoms with Gasteiger partial charge in [-0.1, -0.05) is 36.7 Å². The zero-order valence-electron chi connectivity index (χ0n) is 11.4. The Labute approximate surface area is 113 Å². The maximum absolute atomic E-state index is 3.69. The largest absolute Gasteiger partial charge is 0.310 e. The van der Waals surface area contributed by atoms with Crippen LogP contribution in [0.25, 0.3) is 0 Å². The summed E-state index contributed by atoms with van der Waals surface area (Å²) in [5.74, 6) is 0. The summed E-state index contributed by atoms with van der Waals surface area (Å²) in [5.41, 5.74) is 6.20. The summed E-state index contributed by atoms with van der Waals surface area (Å²) < 4.78 is 1.24. The van der Waals surface area contributed by atoms with Crippen LogP contribution >= 0.6 is 15.9 Å². The van der Waals surface area contributed by atoms with E-state index in [0.717, 1.165) is 6.54 Å². The second-order valence-corrected chi connectivity index (χ2v) is 6.64. The van der Waals surface area contributed by atoms with Gasteiger partial charge in [0.25, 0.3) is 0 Å². The lowest BCUT2D eigenvalue weighted by molar-refractivity contribution is 0.432. The highest BCUT2D eigenvalue weighted by atomic mass is 79.9. The smallest absolute Gasteiger partial charge is 0.0334 e. The van der Waals surface area contributed by atoms with Crippen LogP contribution in [-0.2, 0) is 5.41 Å². The van der Waals surface area contributed by atoms with Crippen molar-refractivity contribution in [2.75, 3.05) is 6.54 Å². The SMILES string of the molecule is CCNC1CC(C)(C)c2c(C)cc(Br)c(C)c21. The Morgan fingerprint density at radius 2 is 2.06 bits per heavy atom. The molecule has 0 saturated heterocycles. The van der Waals surface area contributed by atoms with Crippen molar-refractivity contribution in [2.24, 2.45) is 0 Å². The van der Waals surface area contributed by atoms with Gasteiger partial charge in [-0.15, -0.1) is 0 Å². The molecule has 0 amide bonds. The Hall–Kier alpha value is -0.340. The second kappa shape index (κ2) is 4.40. The van der Waals surface area contributed by atoms with Crippen molar-refractivity contribution >= 4 is 15.9 Å². The highest BCUT2D eigenvalue weighted by molar-refractivity contribution is 9.10. The lowest BCUT2D eigenvalue weighted by Crippen LogP contribution is -2.21. The molecule has 17 heavy (non-hydrogen) atoms. The fourth-order valence-electron chi connectivity index (χ4n) is 3.37. The van der Waals surface area contributed by atoms with Gasteiger partial charge in [0, 0.05) is 10.5 Å². The molecule has 1 aliphatic carbocycles. The van der Waals surface area contributed by atoms with Crippen molar-refractivity contribution in [3.63, 3.8) is 0 Å². The van der Waals surface area contributed by atoms with Crippen molar-refractivity contribution in [1.82, 2.24) is 5.32 Å². The van der Waals surface area contributed by atoms with Gasteiger partial charge in [0.05, 0.1) is 0 Å². The van der Waals surface area contributed by atoms with E-state index >= 15 is 0 Å². The molecule has 1 nitrogen and oxygen atoms in total. The van der Waals surface area contributed by atoms with E-state index in [1.54, 1.807) is 5.56 Å². The summed E-state index contributed by atoms with van der Waals surface area (Å²) in [6.07, 6.45) is 1.20. The molecule has 1 aliphatic rings. The lowest BCUT2D eigenvalue weighted by atomic mass is 9.83. The van der Waals surface area contributed by atoms with Crippen LogP contribution in [0.2, 0.25) is 0 Å². The summed E-state index contributed by atoms with van der Waals surface area (Å²) in [6, 6.07) is 2.78. The zero-order chi connectivity index (χ0) is 12.8. The molecule has 1 atom stereocenters. The third kappa shape index (κ3) is 2.06. The molecule has 0 bridgehead atoms. The quantitative estimate of drug-likeness (QED) is 0.853. The van der Waals surface area contributed by atoms with Gasteiger partial charge in [-0.3, -0.25) is 0 Å². The Morgan fingerprint density at radius 3 is 2.65 bits per heavy atom. The Bertz CT molecular complexity index is 449. The summed E-state index contributed by atoms with van der Waals surface area (Å²) >= 11 is 3.69. The van der Waals surface area contributed by atoms with E-state index in [1.807, 2.05) is 0 Å². The maximum atomic E-state index is 3.69. The minimum Gasteiger partial charge on any atom is -0.310 e. The summed E-state index contributed by atoms with van der Waals surface area (Å²) in [6.45, 7) is 12.4. The van der Waals surface area contributed by atoms with Crippen molar-refractivity contribution in [3.05, 3.63) is 32.8 Å². The van der Waals surface area contributed by atoms with Gasteiger partial charge >= 0.3 is 0 Å². The minimum atomic E-state index is 0.289. The van der Waals surface area contributed by atoms with Crippen LogP contribution in [0.15, 0.2) is 10.5 Å². The molecule has 0 radical (unpaired) electrons. The number of halogens is 1. The van der Waals surface area contributed by atoms with Crippen LogP contribution in [0.4, 0.5) is 0 Å². The van der Waals surface area contributed by atoms with Crippen LogP contribution in [0, 0.1) is 13.8 Å². The van der Waals surface area contributed by atoms with E-state index in [2.05, 4.69) is 61.9 Å². The molecule has 0 aliphatic heterocycles. The first-order valence-electron chi connectivity index (χ1n) is 6.42. The molecule has 1 aromatic rings. The number of fused-ring (bicyclic) bond motifs is 1. The van der Waals surface area contributed by atoms with Crippen molar-refractivity contribution in [3.8, 4) is 0 Å². The fourth-order valence-corrected chi connectivity index (χ4v) is 3.93. The summed E-state index contributed by atoms with van der Waals surface area (Å²) in [4.78, 5) is 0. The predicted molar refractivity (Wildman–Crippen MR) is 77.7 cm³/mol. The second-order valence-electron chi connectivity index (χ2n) is 5.79. The molecule has 0 saturated carbocycles. The number of hydrogen-bond donors (Lipinski definition) is 1. The third-order valence-electron chi connectivity index (χ3n) is 3.96. The number of benzene rings is 1. The molecule has 94 valence electrons. The molecule has 1 N–H and O–H groups in total. The molecule has 1 aromatic carbocycles. The summed E-state index contributed by atoms with van der Waals surface area (Å²) in [5, 5.41) is 3.63. The minimum absolute atomic E-state index is 0.289. The molecule has 0 spiro atoms. The van der Waals surface area contributed by atoms with Gasteiger partial charge in [0.15, 0.2) is 0 Å². The van der Waals surface area contributed by atoms with Crippen LogP contribution in [-0.4, -0.2) is 6.54 Å². The van der Waals surface area contributed by atoms with Crippen LogP contribution in [0.3, 0.4) is 0 Å². The molecule has 2 rings (SSSR count). The zero-order valence-corrected chi connectivity index (χ0v) is 13.0. The van der Waals surface area contributed by atoms with Crippen molar-refractivity contribution < 1.29 is 0 Å². The molecule has 2 heteroatoms. The van der Waals surface area contributed by atoms with Crippen molar-refractivity contribution in [1.29, 1.82) is 0 Å². The first-order valence-corrected chi connectivity index (χ1v) is 7.21. The number of nitrogens with one attached hydrogen (secondary N) is 1. The lowest BCUT2D eigenvalue weighted by Gasteiger charge is -2.22. The number of rotatable bonds is 2. The van der Waals surface area contributed by atoms with E-state index in [9.17, 15) is 0 Å². The Morgan fingerprint density at radius 1 is 1.41 bits per heavy atom. The molecular weight excluding hydrogens is 274 g/mol. The van der Waals surface area contributed by atoms with Gasteiger partial charge in [-0.25, -0.2) is 0 Å². The van der Waals surface area contributed by atoms with E-state index in [1.165, 1.54) is 27.6 Å². The normalized spacial score (nSPS) is 21.6. The van der Waals surface area contributed by atoms with Crippen LogP contribution in [0.5, 0.6) is 0 Å². The fraction of sp³-hybridized carbons (Fsp3) is 0.600. The first-order chi connectivity index (χ1) is 7.88. The maximum Gasteiger partial charge on any atom is 0.0334 e. The number of aryl methyl sites for hydroxylation is 1. The Balaban J connectivity index is 2.65. The van der Waals surface area contributed by atoms with E-state index in [-0.39, 0.29) is 5.41 Å². The van der Waals surface area contributed by atoms with E-state index in [4.69, 9.17) is 0 Å². The molecule has 0 aromatic heterocycles. The number of hydrogen-bond acceptors (Lipinski definition) is 1. The van der Waals surface area contributed by atoms with E-state index in [0.29, 0.717) is 6.04 Å². The first kappa shape index (κ1) is 13.1.